The molecule has 19 heavy (non-hydrogen) atoms. The van der Waals surface area contributed by atoms with Gasteiger partial charge in [-0.2, -0.15) is 0 Å². The van der Waals surface area contributed by atoms with Crippen molar-refractivity contribution in [1.29, 1.82) is 0 Å². The number of benzene rings is 2. The third-order valence-corrected chi connectivity index (χ3v) is 4.01. The predicted molar refractivity (Wildman–Crippen MR) is 76.9 cm³/mol. The van der Waals surface area contributed by atoms with Crippen LogP contribution in [0.3, 0.4) is 0 Å². The molecule has 3 N–H and O–H groups in total. The maximum absolute atomic E-state index is 11.4. The molecule has 2 unspecified atom stereocenters. The highest BCUT2D eigenvalue weighted by Gasteiger charge is 2.26. The van der Waals surface area contributed by atoms with Crippen molar-refractivity contribution in [3.63, 3.8) is 0 Å². The fourth-order valence-corrected chi connectivity index (χ4v) is 3.02. The molecule has 0 aliphatic carbocycles. The number of fused-ring (bicyclic) bond motifs is 1. The van der Waals surface area contributed by atoms with Gasteiger partial charge in [-0.25, -0.2) is 0 Å². The number of carbonyl (C=O) groups excluding carboxylic acids is 1. The molecule has 1 aliphatic heterocycles. The molecule has 2 aromatic rings. The molecule has 1 heterocycles. The number of hydrogen-bond acceptors (Lipinski definition) is 2. The summed E-state index contributed by atoms with van der Waals surface area (Å²) < 4.78 is 0. The molecule has 1 fully saturated rings. The van der Waals surface area contributed by atoms with Crippen LogP contribution in [0.4, 0.5) is 0 Å². The van der Waals surface area contributed by atoms with Gasteiger partial charge in [-0.15, -0.1) is 0 Å². The molecule has 1 saturated heterocycles. The van der Waals surface area contributed by atoms with Crippen LogP contribution in [0.2, 0.25) is 0 Å². The minimum absolute atomic E-state index is 0.197. The van der Waals surface area contributed by atoms with Crippen LogP contribution in [0.25, 0.3) is 10.8 Å². The van der Waals surface area contributed by atoms with Crippen molar-refractivity contribution in [1.82, 2.24) is 5.32 Å². The first-order chi connectivity index (χ1) is 9.25. The monoisotopic (exact) mass is 254 g/mol. The van der Waals surface area contributed by atoms with Crippen molar-refractivity contribution in [3.05, 3.63) is 48.0 Å². The average molecular weight is 254 g/mol. The molecule has 0 radical (unpaired) electrons. The number of nitrogens with two attached hydrogens (primary N) is 1. The topological polar surface area (TPSA) is 55.1 Å². The van der Waals surface area contributed by atoms with E-state index < -0.39 is 0 Å². The van der Waals surface area contributed by atoms with Gasteiger partial charge in [0.1, 0.15) is 0 Å². The molecule has 0 aromatic heterocycles. The van der Waals surface area contributed by atoms with Gasteiger partial charge in [0.2, 0.25) is 5.91 Å². The molecule has 1 aliphatic rings. The summed E-state index contributed by atoms with van der Waals surface area (Å²) in [6.45, 7) is 0.849. The molecular formula is C16H18N2O. The van der Waals surface area contributed by atoms with Crippen LogP contribution in [0.5, 0.6) is 0 Å². The number of rotatable bonds is 2. The van der Waals surface area contributed by atoms with Gasteiger partial charge >= 0.3 is 0 Å². The first-order valence-corrected chi connectivity index (χ1v) is 6.76. The van der Waals surface area contributed by atoms with Gasteiger partial charge in [-0.1, -0.05) is 42.5 Å². The summed E-state index contributed by atoms with van der Waals surface area (Å²) in [5.74, 6) is 0.162. The molecule has 2 atom stereocenters. The lowest BCUT2D eigenvalue weighted by atomic mass is 9.84. The predicted octanol–water partition coefficient (Wildman–Crippen LogP) is 2.16. The number of primary amides is 1. The van der Waals surface area contributed by atoms with E-state index in [4.69, 9.17) is 5.73 Å². The molecule has 0 saturated carbocycles. The van der Waals surface area contributed by atoms with Gasteiger partial charge in [0, 0.05) is 0 Å². The zero-order valence-corrected chi connectivity index (χ0v) is 10.8. The molecule has 3 heteroatoms. The third-order valence-electron chi connectivity index (χ3n) is 4.01. The summed E-state index contributed by atoms with van der Waals surface area (Å²) in [7, 11) is 0. The second-order valence-corrected chi connectivity index (χ2v) is 5.20. The Morgan fingerprint density at radius 1 is 1.16 bits per heavy atom. The van der Waals surface area contributed by atoms with Gasteiger partial charge in [0.05, 0.1) is 6.04 Å². The number of nitrogens with one attached hydrogen (secondary N) is 1. The van der Waals surface area contributed by atoms with Gasteiger partial charge in [-0.3, -0.25) is 4.79 Å². The van der Waals surface area contributed by atoms with E-state index in [1.165, 1.54) is 16.3 Å². The van der Waals surface area contributed by atoms with Crippen LogP contribution in [0.15, 0.2) is 42.5 Å². The van der Waals surface area contributed by atoms with E-state index in [1.54, 1.807) is 0 Å². The molecule has 3 nitrogen and oxygen atoms in total. The quantitative estimate of drug-likeness (QED) is 0.863. The fraction of sp³-hybridized carbons (Fsp3) is 0.312. The Morgan fingerprint density at radius 3 is 2.79 bits per heavy atom. The third kappa shape index (κ3) is 2.34. The minimum Gasteiger partial charge on any atom is -0.368 e. The van der Waals surface area contributed by atoms with Crippen LogP contribution >= 0.6 is 0 Å². The van der Waals surface area contributed by atoms with E-state index in [0.29, 0.717) is 5.92 Å². The van der Waals surface area contributed by atoms with Crippen molar-refractivity contribution in [3.8, 4) is 0 Å². The Bertz CT molecular complexity index is 603. The zero-order chi connectivity index (χ0) is 13.2. The average Bonchev–Trinajstić information content (AvgIpc) is 2.47. The highest BCUT2D eigenvalue weighted by atomic mass is 16.1. The summed E-state index contributed by atoms with van der Waals surface area (Å²) in [5.41, 5.74) is 6.76. The number of carbonyl (C=O) groups is 1. The Labute approximate surface area is 112 Å². The zero-order valence-electron chi connectivity index (χ0n) is 10.8. The van der Waals surface area contributed by atoms with Crippen molar-refractivity contribution in [2.24, 2.45) is 5.73 Å². The largest absolute Gasteiger partial charge is 0.368 e. The lowest BCUT2D eigenvalue weighted by molar-refractivity contribution is -0.120. The highest BCUT2D eigenvalue weighted by molar-refractivity contribution is 5.86. The second kappa shape index (κ2) is 5.02. The van der Waals surface area contributed by atoms with Gasteiger partial charge in [0.25, 0.3) is 0 Å². The fourth-order valence-electron chi connectivity index (χ4n) is 3.02. The van der Waals surface area contributed by atoms with Crippen molar-refractivity contribution in [2.75, 3.05) is 6.54 Å². The van der Waals surface area contributed by atoms with E-state index in [2.05, 4.69) is 47.8 Å². The van der Waals surface area contributed by atoms with E-state index in [-0.39, 0.29) is 11.9 Å². The minimum atomic E-state index is -0.245. The number of hydrogen-bond donors (Lipinski definition) is 2. The highest BCUT2D eigenvalue weighted by Crippen LogP contribution is 2.32. The van der Waals surface area contributed by atoms with E-state index in [1.807, 2.05) is 0 Å². The number of piperidine rings is 1. The second-order valence-electron chi connectivity index (χ2n) is 5.20. The van der Waals surface area contributed by atoms with Gasteiger partial charge in [0.15, 0.2) is 0 Å². The van der Waals surface area contributed by atoms with Crippen molar-refractivity contribution in [2.45, 2.75) is 24.8 Å². The first kappa shape index (κ1) is 12.2. The Morgan fingerprint density at radius 2 is 1.95 bits per heavy atom. The smallest absolute Gasteiger partial charge is 0.234 e. The van der Waals surface area contributed by atoms with Crippen molar-refractivity contribution >= 4 is 16.7 Å². The molecule has 0 bridgehead atoms. The van der Waals surface area contributed by atoms with Crippen LogP contribution < -0.4 is 11.1 Å². The summed E-state index contributed by atoms with van der Waals surface area (Å²) in [5, 5.41) is 5.74. The van der Waals surface area contributed by atoms with Crippen LogP contribution in [-0.2, 0) is 4.79 Å². The van der Waals surface area contributed by atoms with Crippen LogP contribution in [0.1, 0.15) is 24.3 Å². The lowest BCUT2D eigenvalue weighted by Crippen LogP contribution is -2.46. The van der Waals surface area contributed by atoms with Crippen LogP contribution in [0, 0.1) is 0 Å². The molecular weight excluding hydrogens is 236 g/mol. The summed E-state index contributed by atoms with van der Waals surface area (Å²) in [4.78, 5) is 11.4. The normalized spacial score (nSPS) is 23.4. The maximum atomic E-state index is 11.4. The van der Waals surface area contributed by atoms with E-state index in [9.17, 15) is 4.79 Å². The molecule has 3 rings (SSSR count). The summed E-state index contributed by atoms with van der Waals surface area (Å²) in [6, 6.07) is 14.6. The number of amides is 1. The Kier molecular flexibility index (Phi) is 3.22. The van der Waals surface area contributed by atoms with Crippen molar-refractivity contribution < 1.29 is 4.79 Å². The standard InChI is InChI=1S/C16H18N2O/c17-16(19)15-10-12(8-9-18-15)14-7-3-5-11-4-1-2-6-13(11)14/h1-7,12,15,18H,8-10H2,(H2,17,19). The Hall–Kier alpha value is -1.87. The molecule has 2 aromatic carbocycles. The summed E-state index contributed by atoms with van der Waals surface area (Å²) in [6.07, 6.45) is 1.85. The van der Waals surface area contributed by atoms with E-state index in [0.717, 1.165) is 19.4 Å². The summed E-state index contributed by atoms with van der Waals surface area (Å²) >= 11 is 0. The first-order valence-electron chi connectivity index (χ1n) is 6.76. The van der Waals surface area contributed by atoms with Gasteiger partial charge in [-0.05, 0) is 41.6 Å². The lowest BCUT2D eigenvalue weighted by Gasteiger charge is -2.29. The van der Waals surface area contributed by atoms with Crippen LogP contribution in [-0.4, -0.2) is 18.5 Å². The Balaban J connectivity index is 1.97. The molecule has 98 valence electrons. The van der Waals surface area contributed by atoms with Gasteiger partial charge < -0.3 is 11.1 Å². The molecule has 1 amide bonds. The molecule has 0 spiro atoms. The maximum Gasteiger partial charge on any atom is 0.234 e. The SMILES string of the molecule is NC(=O)C1CC(c2cccc3ccccc23)CCN1. The van der Waals surface area contributed by atoms with E-state index >= 15 is 0 Å².